The van der Waals surface area contributed by atoms with Crippen molar-refractivity contribution in [2.45, 2.75) is 52.6 Å². The lowest BCUT2D eigenvalue weighted by Crippen LogP contribution is -2.43. The quantitative estimate of drug-likeness (QED) is 0.914. The minimum Gasteiger partial charge on any atom is -0.367 e. The zero-order chi connectivity index (χ0) is 18.2. The Morgan fingerprint density at radius 3 is 2.80 bits per heavy atom. The normalized spacial score (nSPS) is 18.6. The van der Waals surface area contributed by atoms with Gasteiger partial charge in [0.15, 0.2) is 11.6 Å². The number of rotatable bonds is 3. The van der Waals surface area contributed by atoms with Crippen molar-refractivity contribution in [3.05, 3.63) is 28.7 Å². The highest BCUT2D eigenvalue weighted by Gasteiger charge is 2.32. The number of hydrogen-bond donors (Lipinski definition) is 1. The third-order valence-electron chi connectivity index (χ3n) is 4.31. The zero-order valence-electron chi connectivity index (χ0n) is 15.4. The molecule has 0 radical (unpaired) electrons. The Bertz CT molecular complexity index is 759. The SMILES string of the molecule is CCc1noc(C)c1C(=O)N1CCO[C@@H](c2nc(C(C)(C)C)n[nH]2)C1. The number of hydrogen-bond acceptors (Lipinski definition) is 6. The van der Waals surface area contributed by atoms with E-state index in [0.717, 1.165) is 5.82 Å². The van der Waals surface area contributed by atoms with E-state index in [-0.39, 0.29) is 17.4 Å². The minimum absolute atomic E-state index is 0.0699. The van der Waals surface area contributed by atoms with E-state index < -0.39 is 0 Å². The predicted octanol–water partition coefficient (Wildman–Crippen LogP) is 2.17. The van der Waals surface area contributed by atoms with Gasteiger partial charge in [-0.1, -0.05) is 32.9 Å². The van der Waals surface area contributed by atoms with E-state index in [1.165, 1.54) is 0 Å². The highest BCUT2D eigenvalue weighted by atomic mass is 16.5. The molecule has 1 aliphatic rings. The molecule has 0 unspecified atom stereocenters. The van der Waals surface area contributed by atoms with Crippen molar-refractivity contribution in [3.8, 4) is 0 Å². The molecule has 136 valence electrons. The molecule has 0 aromatic carbocycles. The van der Waals surface area contributed by atoms with Crippen LogP contribution in [0.3, 0.4) is 0 Å². The van der Waals surface area contributed by atoms with Crippen LogP contribution in [0.1, 0.15) is 67.3 Å². The molecule has 1 atom stereocenters. The number of nitrogens with one attached hydrogen (secondary N) is 1. The summed E-state index contributed by atoms with van der Waals surface area (Å²) in [7, 11) is 0. The Hall–Kier alpha value is -2.22. The largest absolute Gasteiger partial charge is 0.367 e. The molecule has 8 heteroatoms. The van der Waals surface area contributed by atoms with Gasteiger partial charge in [-0.3, -0.25) is 9.89 Å². The summed E-state index contributed by atoms with van der Waals surface area (Å²) in [4.78, 5) is 19.2. The standard InChI is InChI=1S/C17H25N5O3/c1-6-11-13(10(2)25-21-11)15(23)22-7-8-24-12(9-22)14-18-16(20-19-14)17(3,4)5/h12H,6-9H2,1-5H3,(H,18,19,20)/t12-/m1/s1. The van der Waals surface area contributed by atoms with Crippen LogP contribution in [0.25, 0.3) is 0 Å². The molecule has 0 saturated carbocycles. The van der Waals surface area contributed by atoms with E-state index in [2.05, 4.69) is 41.1 Å². The number of amides is 1. The summed E-state index contributed by atoms with van der Waals surface area (Å²) in [6.07, 6.45) is 0.343. The van der Waals surface area contributed by atoms with Gasteiger partial charge in [-0.05, 0) is 13.3 Å². The summed E-state index contributed by atoms with van der Waals surface area (Å²) < 4.78 is 11.0. The molecule has 1 fully saturated rings. The van der Waals surface area contributed by atoms with E-state index in [1.54, 1.807) is 11.8 Å². The van der Waals surface area contributed by atoms with Crippen LogP contribution in [0.5, 0.6) is 0 Å². The van der Waals surface area contributed by atoms with Crippen LogP contribution in [0, 0.1) is 6.92 Å². The van der Waals surface area contributed by atoms with E-state index >= 15 is 0 Å². The molecular weight excluding hydrogens is 322 g/mol. The summed E-state index contributed by atoms with van der Waals surface area (Å²) in [6, 6.07) is 0. The van der Waals surface area contributed by atoms with Crippen LogP contribution < -0.4 is 0 Å². The number of aromatic nitrogens is 4. The Morgan fingerprint density at radius 2 is 2.16 bits per heavy atom. The third kappa shape index (κ3) is 3.44. The number of ether oxygens (including phenoxy) is 1. The monoisotopic (exact) mass is 347 g/mol. The smallest absolute Gasteiger partial charge is 0.259 e. The maximum Gasteiger partial charge on any atom is 0.259 e. The van der Waals surface area contributed by atoms with Crippen molar-refractivity contribution >= 4 is 5.91 Å². The minimum atomic E-state index is -0.313. The fraction of sp³-hybridized carbons (Fsp3) is 0.647. The summed E-state index contributed by atoms with van der Waals surface area (Å²) in [5.74, 6) is 1.87. The van der Waals surface area contributed by atoms with Gasteiger partial charge in [0.1, 0.15) is 17.4 Å². The molecule has 0 spiro atoms. The zero-order valence-corrected chi connectivity index (χ0v) is 15.4. The van der Waals surface area contributed by atoms with Gasteiger partial charge < -0.3 is 14.2 Å². The number of carbonyl (C=O) groups excluding carboxylic acids is 1. The van der Waals surface area contributed by atoms with Crippen LogP contribution in [-0.4, -0.2) is 50.8 Å². The number of aryl methyl sites for hydroxylation is 2. The van der Waals surface area contributed by atoms with E-state index in [9.17, 15) is 4.79 Å². The highest BCUT2D eigenvalue weighted by Crippen LogP contribution is 2.25. The van der Waals surface area contributed by atoms with Gasteiger partial charge in [0, 0.05) is 12.0 Å². The number of nitrogens with zero attached hydrogens (tertiary/aromatic N) is 4. The van der Waals surface area contributed by atoms with Crippen molar-refractivity contribution in [2.75, 3.05) is 19.7 Å². The van der Waals surface area contributed by atoms with Crippen LogP contribution in [0.2, 0.25) is 0 Å². The second kappa shape index (κ2) is 6.59. The second-order valence-electron chi connectivity index (χ2n) is 7.32. The van der Waals surface area contributed by atoms with Gasteiger partial charge in [0.2, 0.25) is 0 Å². The maximum absolute atomic E-state index is 12.9. The lowest BCUT2D eigenvalue weighted by Gasteiger charge is -2.31. The van der Waals surface area contributed by atoms with Gasteiger partial charge in [-0.25, -0.2) is 4.98 Å². The van der Waals surface area contributed by atoms with E-state index in [0.29, 0.717) is 49.0 Å². The summed E-state index contributed by atoms with van der Waals surface area (Å²) in [5, 5.41) is 11.2. The fourth-order valence-corrected chi connectivity index (χ4v) is 2.84. The second-order valence-corrected chi connectivity index (χ2v) is 7.32. The van der Waals surface area contributed by atoms with Crippen LogP contribution in [0.4, 0.5) is 0 Å². The first-order valence-electron chi connectivity index (χ1n) is 8.60. The Balaban J connectivity index is 1.78. The van der Waals surface area contributed by atoms with Crippen molar-refractivity contribution < 1.29 is 14.1 Å². The molecule has 3 rings (SSSR count). The van der Waals surface area contributed by atoms with Gasteiger partial charge in [0.25, 0.3) is 5.91 Å². The van der Waals surface area contributed by atoms with Crippen LogP contribution >= 0.6 is 0 Å². The molecule has 3 heterocycles. The van der Waals surface area contributed by atoms with E-state index in [4.69, 9.17) is 9.26 Å². The molecule has 2 aromatic heterocycles. The average Bonchev–Trinajstić information content (AvgIpc) is 3.20. The van der Waals surface area contributed by atoms with Gasteiger partial charge >= 0.3 is 0 Å². The van der Waals surface area contributed by atoms with Gasteiger partial charge in [-0.2, -0.15) is 5.10 Å². The summed E-state index contributed by atoms with van der Waals surface area (Å²) in [5.41, 5.74) is 1.12. The third-order valence-corrected chi connectivity index (χ3v) is 4.31. The Kier molecular flexibility index (Phi) is 4.64. The maximum atomic E-state index is 12.9. The van der Waals surface area contributed by atoms with Crippen molar-refractivity contribution in [1.82, 2.24) is 25.2 Å². The number of morpholine rings is 1. The molecule has 1 N–H and O–H groups in total. The predicted molar refractivity (Wildman–Crippen MR) is 90.3 cm³/mol. The topological polar surface area (TPSA) is 97.1 Å². The summed E-state index contributed by atoms with van der Waals surface area (Å²) in [6.45, 7) is 11.3. The first kappa shape index (κ1) is 17.6. The highest BCUT2D eigenvalue weighted by molar-refractivity contribution is 5.96. The van der Waals surface area contributed by atoms with Gasteiger partial charge in [0.05, 0.1) is 18.8 Å². The number of aromatic amines is 1. The molecule has 8 nitrogen and oxygen atoms in total. The number of H-pyrrole nitrogens is 1. The molecule has 2 aromatic rings. The lowest BCUT2D eigenvalue weighted by molar-refractivity contribution is -0.0267. The first-order chi connectivity index (χ1) is 11.8. The molecular formula is C17H25N5O3. The lowest BCUT2D eigenvalue weighted by atomic mass is 9.96. The molecule has 0 aliphatic carbocycles. The van der Waals surface area contributed by atoms with Crippen molar-refractivity contribution in [3.63, 3.8) is 0 Å². The summed E-state index contributed by atoms with van der Waals surface area (Å²) >= 11 is 0. The first-order valence-corrected chi connectivity index (χ1v) is 8.60. The Morgan fingerprint density at radius 1 is 1.40 bits per heavy atom. The van der Waals surface area contributed by atoms with Crippen LogP contribution in [-0.2, 0) is 16.6 Å². The molecule has 0 bridgehead atoms. The molecule has 25 heavy (non-hydrogen) atoms. The average molecular weight is 347 g/mol. The molecule has 1 aliphatic heterocycles. The van der Waals surface area contributed by atoms with Crippen molar-refractivity contribution in [1.29, 1.82) is 0 Å². The van der Waals surface area contributed by atoms with Crippen LogP contribution in [0.15, 0.2) is 4.52 Å². The fourth-order valence-electron chi connectivity index (χ4n) is 2.84. The van der Waals surface area contributed by atoms with E-state index in [1.807, 2.05) is 6.92 Å². The number of carbonyl (C=O) groups is 1. The van der Waals surface area contributed by atoms with Crippen molar-refractivity contribution in [2.24, 2.45) is 0 Å². The molecule has 1 amide bonds. The van der Waals surface area contributed by atoms with Gasteiger partial charge in [-0.15, -0.1) is 0 Å². The Labute approximate surface area is 146 Å². The molecule has 1 saturated heterocycles.